The molecule has 134 valence electrons. The van der Waals surface area contributed by atoms with E-state index in [2.05, 4.69) is 47.7 Å². The lowest BCUT2D eigenvalue weighted by Crippen LogP contribution is -2.13. The van der Waals surface area contributed by atoms with Crippen molar-refractivity contribution < 1.29 is 14.2 Å². The second-order valence-electron chi connectivity index (χ2n) is 5.85. The standard InChI is InChI=1S/C20H21N3O3/c1-4-13-9-10-14(5-2)17(11-13)18-19(23-26-22-18)21-20(24)15-7-6-8-16(12-15)25-3/h6-12H,4-5H2,1-3H3,(H,21,23,24). The number of methoxy groups -OCH3 is 1. The summed E-state index contributed by atoms with van der Waals surface area (Å²) in [6, 6.07) is 13.2. The molecule has 0 fully saturated rings. The number of nitrogens with one attached hydrogen (secondary N) is 1. The summed E-state index contributed by atoms with van der Waals surface area (Å²) in [4.78, 5) is 12.6. The Morgan fingerprint density at radius 3 is 2.69 bits per heavy atom. The minimum absolute atomic E-state index is 0.300. The minimum atomic E-state index is -0.300. The molecule has 0 spiro atoms. The van der Waals surface area contributed by atoms with E-state index in [4.69, 9.17) is 9.37 Å². The summed E-state index contributed by atoms with van der Waals surface area (Å²) in [5, 5.41) is 10.7. The Bertz CT molecular complexity index is 918. The fourth-order valence-corrected chi connectivity index (χ4v) is 2.76. The summed E-state index contributed by atoms with van der Waals surface area (Å²) in [5.41, 5.74) is 4.24. The van der Waals surface area contributed by atoms with Crippen LogP contribution in [0.15, 0.2) is 47.1 Å². The Kier molecular flexibility index (Phi) is 5.31. The van der Waals surface area contributed by atoms with Gasteiger partial charge in [0.2, 0.25) is 5.82 Å². The van der Waals surface area contributed by atoms with Crippen LogP contribution in [0.5, 0.6) is 5.75 Å². The molecule has 0 aliphatic carbocycles. The maximum atomic E-state index is 12.6. The molecule has 0 aliphatic rings. The maximum Gasteiger partial charge on any atom is 0.257 e. The Morgan fingerprint density at radius 1 is 1.12 bits per heavy atom. The van der Waals surface area contributed by atoms with Crippen molar-refractivity contribution in [3.63, 3.8) is 0 Å². The summed E-state index contributed by atoms with van der Waals surface area (Å²) in [5.74, 6) is 0.617. The lowest BCUT2D eigenvalue weighted by Gasteiger charge is -2.09. The molecule has 0 unspecified atom stereocenters. The normalized spacial score (nSPS) is 10.6. The third kappa shape index (κ3) is 3.59. The molecule has 3 aromatic rings. The number of nitrogens with zero attached hydrogens (tertiary/aromatic N) is 2. The SMILES string of the molecule is CCc1ccc(CC)c(-c2nonc2NC(=O)c2cccc(OC)c2)c1. The van der Waals surface area contributed by atoms with Gasteiger partial charge in [-0.3, -0.25) is 4.79 Å². The smallest absolute Gasteiger partial charge is 0.257 e. The molecule has 1 heterocycles. The first-order valence-corrected chi connectivity index (χ1v) is 8.56. The van der Waals surface area contributed by atoms with E-state index in [0.717, 1.165) is 24.0 Å². The largest absolute Gasteiger partial charge is 0.497 e. The minimum Gasteiger partial charge on any atom is -0.497 e. The highest BCUT2D eigenvalue weighted by atomic mass is 16.6. The highest BCUT2D eigenvalue weighted by Crippen LogP contribution is 2.30. The molecule has 0 saturated heterocycles. The molecule has 0 aliphatic heterocycles. The van der Waals surface area contributed by atoms with Gasteiger partial charge in [-0.25, -0.2) is 4.63 Å². The molecule has 0 saturated carbocycles. The molecule has 0 bridgehead atoms. The average molecular weight is 351 g/mol. The second-order valence-corrected chi connectivity index (χ2v) is 5.85. The number of aryl methyl sites for hydroxylation is 2. The van der Waals surface area contributed by atoms with E-state index in [1.807, 2.05) is 0 Å². The van der Waals surface area contributed by atoms with Crippen LogP contribution in [0.2, 0.25) is 0 Å². The van der Waals surface area contributed by atoms with Crippen LogP contribution in [0.1, 0.15) is 35.3 Å². The number of benzene rings is 2. The van der Waals surface area contributed by atoms with Crippen LogP contribution in [-0.4, -0.2) is 23.3 Å². The lowest BCUT2D eigenvalue weighted by atomic mass is 9.98. The molecule has 1 aromatic heterocycles. The Balaban J connectivity index is 1.93. The summed E-state index contributed by atoms with van der Waals surface area (Å²) >= 11 is 0. The molecule has 3 rings (SSSR count). The van der Waals surface area contributed by atoms with Crippen molar-refractivity contribution in [2.75, 3.05) is 12.4 Å². The van der Waals surface area contributed by atoms with Crippen molar-refractivity contribution >= 4 is 11.7 Å². The fourth-order valence-electron chi connectivity index (χ4n) is 2.76. The van der Waals surface area contributed by atoms with E-state index < -0.39 is 0 Å². The molecular formula is C20H21N3O3. The highest BCUT2D eigenvalue weighted by molar-refractivity contribution is 6.05. The van der Waals surface area contributed by atoms with Crippen LogP contribution in [-0.2, 0) is 12.8 Å². The number of amides is 1. The zero-order chi connectivity index (χ0) is 18.5. The molecule has 1 amide bonds. The van der Waals surface area contributed by atoms with Gasteiger partial charge in [-0.1, -0.05) is 32.0 Å². The van der Waals surface area contributed by atoms with Gasteiger partial charge < -0.3 is 10.1 Å². The molecule has 2 aromatic carbocycles. The van der Waals surface area contributed by atoms with Crippen LogP contribution < -0.4 is 10.1 Å². The van der Waals surface area contributed by atoms with Crippen molar-refractivity contribution in [1.82, 2.24) is 10.3 Å². The van der Waals surface area contributed by atoms with Crippen LogP contribution >= 0.6 is 0 Å². The highest BCUT2D eigenvalue weighted by Gasteiger charge is 2.19. The Labute approximate surface area is 152 Å². The monoisotopic (exact) mass is 351 g/mol. The number of hydrogen-bond acceptors (Lipinski definition) is 5. The van der Waals surface area contributed by atoms with Crippen molar-refractivity contribution in [1.29, 1.82) is 0 Å². The number of carbonyl (C=O) groups is 1. The summed E-state index contributed by atoms with van der Waals surface area (Å²) < 4.78 is 10.1. The van der Waals surface area contributed by atoms with E-state index in [9.17, 15) is 4.79 Å². The van der Waals surface area contributed by atoms with E-state index >= 15 is 0 Å². The summed E-state index contributed by atoms with van der Waals surface area (Å²) in [6.45, 7) is 4.17. The van der Waals surface area contributed by atoms with Gasteiger partial charge >= 0.3 is 0 Å². The second kappa shape index (κ2) is 7.82. The molecule has 6 heteroatoms. The van der Waals surface area contributed by atoms with E-state index in [1.165, 1.54) is 5.56 Å². The van der Waals surface area contributed by atoms with Crippen molar-refractivity contribution in [2.45, 2.75) is 26.7 Å². The Hall–Kier alpha value is -3.15. The van der Waals surface area contributed by atoms with Gasteiger partial charge in [0.1, 0.15) is 5.75 Å². The summed E-state index contributed by atoms with van der Waals surface area (Å²) in [7, 11) is 1.56. The first-order valence-electron chi connectivity index (χ1n) is 8.56. The van der Waals surface area contributed by atoms with Crippen molar-refractivity contribution in [3.8, 4) is 17.0 Å². The zero-order valence-electron chi connectivity index (χ0n) is 15.1. The van der Waals surface area contributed by atoms with Gasteiger partial charge in [-0.2, -0.15) is 0 Å². The molecule has 26 heavy (non-hydrogen) atoms. The van der Waals surface area contributed by atoms with Gasteiger partial charge in [-0.15, -0.1) is 0 Å². The number of ether oxygens (including phenoxy) is 1. The van der Waals surface area contributed by atoms with Gasteiger partial charge in [-0.05, 0) is 58.5 Å². The van der Waals surface area contributed by atoms with Crippen molar-refractivity contribution in [2.24, 2.45) is 0 Å². The summed E-state index contributed by atoms with van der Waals surface area (Å²) in [6.07, 6.45) is 1.75. The average Bonchev–Trinajstić information content (AvgIpc) is 3.15. The third-order valence-electron chi connectivity index (χ3n) is 4.27. The van der Waals surface area contributed by atoms with Crippen LogP contribution in [0.25, 0.3) is 11.3 Å². The van der Waals surface area contributed by atoms with Crippen LogP contribution in [0, 0.1) is 0 Å². The van der Waals surface area contributed by atoms with E-state index in [0.29, 0.717) is 22.8 Å². The fraction of sp³-hybridized carbons (Fsp3) is 0.250. The number of rotatable bonds is 6. The first-order chi connectivity index (χ1) is 12.7. The molecule has 0 radical (unpaired) electrons. The maximum absolute atomic E-state index is 12.6. The Morgan fingerprint density at radius 2 is 1.96 bits per heavy atom. The quantitative estimate of drug-likeness (QED) is 0.723. The predicted octanol–water partition coefficient (Wildman–Crippen LogP) is 4.12. The molecule has 1 N–H and O–H groups in total. The number of aromatic nitrogens is 2. The van der Waals surface area contributed by atoms with Gasteiger partial charge in [0.05, 0.1) is 7.11 Å². The van der Waals surface area contributed by atoms with Crippen LogP contribution in [0.4, 0.5) is 5.82 Å². The predicted molar refractivity (Wildman–Crippen MR) is 99.4 cm³/mol. The number of carbonyl (C=O) groups excluding carboxylic acids is 1. The molecule has 6 nitrogen and oxygen atoms in total. The number of hydrogen-bond donors (Lipinski definition) is 1. The lowest BCUT2D eigenvalue weighted by molar-refractivity contribution is 0.102. The van der Waals surface area contributed by atoms with E-state index in [-0.39, 0.29) is 5.91 Å². The first kappa shape index (κ1) is 17.7. The molecular weight excluding hydrogens is 330 g/mol. The number of anilines is 1. The third-order valence-corrected chi connectivity index (χ3v) is 4.27. The van der Waals surface area contributed by atoms with Crippen molar-refractivity contribution in [3.05, 3.63) is 59.2 Å². The zero-order valence-corrected chi connectivity index (χ0v) is 15.1. The topological polar surface area (TPSA) is 77.3 Å². The molecule has 0 atom stereocenters. The van der Waals surface area contributed by atoms with Gasteiger partial charge in [0.15, 0.2) is 5.69 Å². The van der Waals surface area contributed by atoms with E-state index in [1.54, 1.807) is 31.4 Å². The van der Waals surface area contributed by atoms with Crippen LogP contribution in [0.3, 0.4) is 0 Å². The van der Waals surface area contributed by atoms with Gasteiger partial charge in [0.25, 0.3) is 5.91 Å². The van der Waals surface area contributed by atoms with Gasteiger partial charge in [0, 0.05) is 11.1 Å².